The molecule has 0 bridgehead atoms. The van der Waals surface area contributed by atoms with Crippen LogP contribution < -0.4 is 5.73 Å². The predicted molar refractivity (Wildman–Crippen MR) is 57.1 cm³/mol. The number of rotatable bonds is 5. The molecule has 5 nitrogen and oxygen atoms in total. The Labute approximate surface area is 91.9 Å². The van der Waals surface area contributed by atoms with Crippen LogP contribution in [0.2, 0.25) is 0 Å². The van der Waals surface area contributed by atoms with E-state index in [4.69, 9.17) is 15.6 Å². The largest absolute Gasteiger partial charge is 0.477 e. The average Bonchev–Trinajstić information content (AvgIpc) is 2.47. The first-order chi connectivity index (χ1) is 7.04. The van der Waals surface area contributed by atoms with Gasteiger partial charge in [0.15, 0.2) is 0 Å². The summed E-state index contributed by atoms with van der Waals surface area (Å²) in [6.07, 6.45) is 0.592. The summed E-state index contributed by atoms with van der Waals surface area (Å²) < 4.78 is 4.89. The van der Waals surface area contributed by atoms with E-state index in [1.165, 1.54) is 18.4 Å². The summed E-state index contributed by atoms with van der Waals surface area (Å²) in [7, 11) is 1.51. The number of ether oxygens (including phenoxy) is 1. The highest BCUT2D eigenvalue weighted by Gasteiger charge is 2.17. The van der Waals surface area contributed by atoms with Crippen LogP contribution in [0, 0.1) is 0 Å². The first-order valence-corrected chi connectivity index (χ1v) is 5.32. The summed E-state index contributed by atoms with van der Waals surface area (Å²) in [5, 5.41) is 9.67. The van der Waals surface area contributed by atoms with Crippen LogP contribution in [0.1, 0.15) is 27.3 Å². The molecule has 1 aromatic heterocycles. The van der Waals surface area contributed by atoms with Crippen molar-refractivity contribution in [1.29, 1.82) is 0 Å². The Morgan fingerprint density at radius 2 is 2.40 bits per heavy atom. The average molecular weight is 230 g/mol. The van der Waals surface area contributed by atoms with Crippen molar-refractivity contribution in [1.82, 2.24) is 4.98 Å². The van der Waals surface area contributed by atoms with Gasteiger partial charge in [0.2, 0.25) is 0 Å². The maximum atomic E-state index is 10.9. The van der Waals surface area contributed by atoms with E-state index in [0.717, 1.165) is 5.01 Å². The first-order valence-electron chi connectivity index (χ1n) is 4.51. The Morgan fingerprint density at radius 3 is 2.87 bits per heavy atom. The standard InChI is InChI=1S/C9H14N2O3S/c1-5(10)3-7-11-6(4-14-2)8(15-7)9(12)13/h5H,3-4,10H2,1-2H3,(H,12,13). The molecule has 84 valence electrons. The number of hydrogen-bond donors (Lipinski definition) is 2. The third-order valence-electron chi connectivity index (χ3n) is 1.71. The summed E-state index contributed by atoms with van der Waals surface area (Å²) in [4.78, 5) is 15.3. The molecule has 0 aromatic carbocycles. The van der Waals surface area contributed by atoms with Gasteiger partial charge in [-0.25, -0.2) is 9.78 Å². The van der Waals surface area contributed by atoms with Crippen molar-refractivity contribution in [3.05, 3.63) is 15.6 Å². The van der Waals surface area contributed by atoms with Gasteiger partial charge in [0.1, 0.15) is 4.88 Å². The highest BCUT2D eigenvalue weighted by atomic mass is 32.1. The normalized spacial score (nSPS) is 12.7. The van der Waals surface area contributed by atoms with Gasteiger partial charge in [0, 0.05) is 19.6 Å². The van der Waals surface area contributed by atoms with Gasteiger partial charge in [-0.05, 0) is 6.92 Å². The number of methoxy groups -OCH3 is 1. The number of nitrogens with zero attached hydrogens (tertiary/aromatic N) is 1. The second-order valence-corrected chi connectivity index (χ2v) is 4.39. The van der Waals surface area contributed by atoms with Crippen LogP contribution in [-0.4, -0.2) is 29.2 Å². The molecule has 0 radical (unpaired) electrons. The highest BCUT2D eigenvalue weighted by molar-refractivity contribution is 7.13. The number of carbonyl (C=O) groups is 1. The number of aromatic nitrogens is 1. The minimum atomic E-state index is -0.963. The number of hydrogen-bond acceptors (Lipinski definition) is 5. The van der Waals surface area contributed by atoms with Gasteiger partial charge in [-0.2, -0.15) is 0 Å². The Hall–Kier alpha value is -0.980. The van der Waals surface area contributed by atoms with Gasteiger partial charge in [-0.3, -0.25) is 0 Å². The number of carboxylic acid groups (broad SMARTS) is 1. The summed E-state index contributed by atoms with van der Waals surface area (Å²) in [6.45, 7) is 2.08. The van der Waals surface area contributed by atoms with Crippen LogP contribution in [-0.2, 0) is 17.8 Å². The Balaban J connectivity index is 2.93. The minimum Gasteiger partial charge on any atom is -0.477 e. The van der Waals surface area contributed by atoms with Gasteiger partial charge in [-0.15, -0.1) is 11.3 Å². The molecule has 1 unspecified atom stereocenters. The lowest BCUT2D eigenvalue weighted by Crippen LogP contribution is -2.17. The maximum absolute atomic E-state index is 10.9. The van der Waals surface area contributed by atoms with Crippen molar-refractivity contribution >= 4 is 17.3 Å². The van der Waals surface area contributed by atoms with Crippen LogP contribution in [0.15, 0.2) is 0 Å². The molecule has 0 aliphatic rings. The van der Waals surface area contributed by atoms with Gasteiger partial charge in [0.25, 0.3) is 0 Å². The SMILES string of the molecule is COCc1nc(CC(C)N)sc1C(=O)O. The molecule has 1 rings (SSSR count). The zero-order chi connectivity index (χ0) is 11.4. The second kappa shape index (κ2) is 5.20. The summed E-state index contributed by atoms with van der Waals surface area (Å²) in [5.74, 6) is -0.963. The minimum absolute atomic E-state index is 0.0202. The van der Waals surface area contributed by atoms with Crippen molar-refractivity contribution in [3.8, 4) is 0 Å². The molecule has 1 heterocycles. The molecule has 0 aliphatic heterocycles. The molecule has 0 aliphatic carbocycles. The van der Waals surface area contributed by atoms with Crippen molar-refractivity contribution in [3.63, 3.8) is 0 Å². The maximum Gasteiger partial charge on any atom is 0.347 e. The zero-order valence-corrected chi connectivity index (χ0v) is 9.50. The van der Waals surface area contributed by atoms with Crippen LogP contribution in [0.25, 0.3) is 0 Å². The molecule has 0 amide bonds. The van der Waals surface area contributed by atoms with Crippen LogP contribution in [0.4, 0.5) is 0 Å². The fraction of sp³-hybridized carbons (Fsp3) is 0.556. The predicted octanol–water partition coefficient (Wildman–Crippen LogP) is 0.877. The van der Waals surface area contributed by atoms with Crippen LogP contribution >= 0.6 is 11.3 Å². The number of thiazole rings is 1. The molecular formula is C9H14N2O3S. The van der Waals surface area contributed by atoms with Gasteiger partial charge >= 0.3 is 5.97 Å². The number of carboxylic acids is 1. The number of aromatic carboxylic acids is 1. The molecule has 0 saturated carbocycles. The topological polar surface area (TPSA) is 85.4 Å². The lowest BCUT2D eigenvalue weighted by atomic mass is 10.3. The van der Waals surface area contributed by atoms with Crippen LogP contribution in [0.3, 0.4) is 0 Å². The lowest BCUT2D eigenvalue weighted by Gasteiger charge is -1.98. The smallest absolute Gasteiger partial charge is 0.347 e. The Morgan fingerprint density at radius 1 is 1.73 bits per heavy atom. The number of nitrogens with two attached hydrogens (primary N) is 1. The second-order valence-electron chi connectivity index (χ2n) is 3.30. The monoisotopic (exact) mass is 230 g/mol. The third-order valence-corrected chi connectivity index (χ3v) is 2.82. The van der Waals surface area contributed by atoms with E-state index in [2.05, 4.69) is 4.98 Å². The van der Waals surface area contributed by atoms with Crippen molar-refractivity contribution in [2.24, 2.45) is 5.73 Å². The molecule has 3 N–H and O–H groups in total. The van der Waals surface area contributed by atoms with E-state index < -0.39 is 5.97 Å². The summed E-state index contributed by atoms with van der Waals surface area (Å²) >= 11 is 1.17. The van der Waals surface area contributed by atoms with Crippen LogP contribution in [0.5, 0.6) is 0 Å². The Kier molecular flexibility index (Phi) is 4.19. The van der Waals surface area contributed by atoms with Gasteiger partial charge in [0.05, 0.1) is 17.3 Å². The molecule has 6 heteroatoms. The van der Waals surface area contributed by atoms with E-state index in [1.807, 2.05) is 6.92 Å². The highest BCUT2D eigenvalue weighted by Crippen LogP contribution is 2.20. The molecule has 15 heavy (non-hydrogen) atoms. The summed E-state index contributed by atoms with van der Waals surface area (Å²) in [6, 6.07) is -0.0202. The molecule has 1 aromatic rings. The van der Waals surface area contributed by atoms with Gasteiger partial charge < -0.3 is 15.6 Å². The molecule has 1 atom stereocenters. The lowest BCUT2D eigenvalue weighted by molar-refractivity contribution is 0.0697. The van der Waals surface area contributed by atoms with Crippen molar-refractivity contribution in [2.75, 3.05) is 7.11 Å². The molecular weight excluding hydrogens is 216 g/mol. The fourth-order valence-electron chi connectivity index (χ4n) is 1.17. The van der Waals surface area contributed by atoms with Crippen molar-refractivity contribution in [2.45, 2.75) is 26.0 Å². The first kappa shape index (κ1) is 12.1. The zero-order valence-electron chi connectivity index (χ0n) is 8.69. The van der Waals surface area contributed by atoms with E-state index >= 15 is 0 Å². The van der Waals surface area contributed by atoms with E-state index in [9.17, 15) is 4.79 Å². The molecule has 0 fully saturated rings. The fourth-order valence-corrected chi connectivity index (χ4v) is 2.21. The summed E-state index contributed by atoms with van der Waals surface area (Å²) in [5.41, 5.74) is 6.10. The van der Waals surface area contributed by atoms with E-state index in [-0.39, 0.29) is 17.5 Å². The van der Waals surface area contributed by atoms with Crippen molar-refractivity contribution < 1.29 is 14.6 Å². The molecule has 0 saturated heterocycles. The third kappa shape index (κ3) is 3.26. The van der Waals surface area contributed by atoms with E-state index in [0.29, 0.717) is 12.1 Å². The quantitative estimate of drug-likeness (QED) is 0.784. The Bertz CT molecular complexity index is 349. The van der Waals surface area contributed by atoms with Gasteiger partial charge in [-0.1, -0.05) is 0 Å². The van der Waals surface area contributed by atoms with E-state index in [1.54, 1.807) is 0 Å². The molecule has 0 spiro atoms.